The van der Waals surface area contributed by atoms with Crippen LogP contribution in [0.3, 0.4) is 0 Å². The highest BCUT2D eigenvalue weighted by Crippen LogP contribution is 2.59. The number of thioether (sulfide) groups is 1. The minimum absolute atomic E-state index is 0.0725. The largest absolute Gasteiger partial charge is 0.357 e. The molecule has 6 aliphatic carbocycles. The Labute approximate surface area is 288 Å². The molecule has 236 valence electrons. The molecule has 0 bridgehead atoms. The summed E-state index contributed by atoms with van der Waals surface area (Å²) in [6, 6.07) is 7.83. The number of fused-ring (bicyclic) bond motifs is 7. The summed E-state index contributed by atoms with van der Waals surface area (Å²) in [5, 5.41) is 0.504. The van der Waals surface area contributed by atoms with Crippen molar-refractivity contribution in [2.24, 2.45) is 21.8 Å². The molecule has 0 saturated carbocycles. The molecule has 1 aromatic rings. The second kappa shape index (κ2) is 11.6. The summed E-state index contributed by atoms with van der Waals surface area (Å²) in [6.07, 6.45) is 49.1. The van der Waals surface area contributed by atoms with Crippen LogP contribution in [0, 0.1) is 11.8 Å². The number of hydrogen-bond donors (Lipinski definition) is 0. The van der Waals surface area contributed by atoms with Crippen molar-refractivity contribution >= 4 is 29.0 Å². The van der Waals surface area contributed by atoms with Gasteiger partial charge in [-0.25, -0.2) is 4.99 Å². The van der Waals surface area contributed by atoms with Crippen LogP contribution in [0.4, 0.5) is 5.69 Å². The number of hydrogen-bond acceptors (Lipinski definition) is 4. The maximum Gasteiger partial charge on any atom is 0.155 e. The summed E-state index contributed by atoms with van der Waals surface area (Å²) in [5.41, 5.74) is 10.9. The number of rotatable bonds is 4. The summed E-state index contributed by atoms with van der Waals surface area (Å²) in [6.45, 7) is 0. The lowest BCUT2D eigenvalue weighted by Gasteiger charge is -2.36. The van der Waals surface area contributed by atoms with Gasteiger partial charge in [0.25, 0.3) is 0 Å². The van der Waals surface area contributed by atoms with Gasteiger partial charge in [-0.2, -0.15) is 0 Å². The molecular weight excluding hydrogens is 603 g/mol. The van der Waals surface area contributed by atoms with Gasteiger partial charge in [-0.1, -0.05) is 128 Å². The van der Waals surface area contributed by atoms with E-state index in [1.807, 2.05) is 0 Å². The Bertz CT molecular complexity index is 2030. The molecule has 0 radical (unpaired) electrons. The first-order chi connectivity index (χ1) is 23.8. The smallest absolute Gasteiger partial charge is 0.155 e. The van der Waals surface area contributed by atoms with Gasteiger partial charge in [-0.15, -0.1) is 11.8 Å². The summed E-state index contributed by atoms with van der Waals surface area (Å²) >= 11 is 2.09. The van der Waals surface area contributed by atoms with Crippen LogP contribution in [-0.4, -0.2) is 34.9 Å². The second-order valence-electron chi connectivity index (χ2n) is 14.1. The zero-order valence-corrected chi connectivity index (χ0v) is 27.8. The number of allylic oxidation sites excluding steroid dienone is 17. The average Bonchev–Trinajstić information content (AvgIpc) is 3.70. The Morgan fingerprint density at radius 1 is 0.729 bits per heavy atom. The second-order valence-corrected chi connectivity index (χ2v) is 15.3. The summed E-state index contributed by atoms with van der Waals surface area (Å²) < 4.78 is 0. The van der Waals surface area contributed by atoms with Gasteiger partial charge < -0.3 is 4.90 Å². The van der Waals surface area contributed by atoms with E-state index in [-0.39, 0.29) is 12.0 Å². The minimum atomic E-state index is 0.0725. The maximum absolute atomic E-state index is 5.43. The van der Waals surface area contributed by atoms with E-state index in [2.05, 4.69) is 150 Å². The lowest BCUT2D eigenvalue weighted by atomic mass is 9.81. The molecule has 48 heavy (non-hydrogen) atoms. The Kier molecular flexibility index (Phi) is 6.93. The summed E-state index contributed by atoms with van der Waals surface area (Å²) in [5.74, 6) is 1.89. The van der Waals surface area contributed by atoms with E-state index in [1.165, 1.54) is 39.3 Å². The molecule has 10 rings (SSSR count). The molecule has 9 aliphatic rings. The average molecular weight is 642 g/mol. The molecule has 4 heteroatoms. The van der Waals surface area contributed by atoms with Crippen molar-refractivity contribution in [1.82, 2.24) is 0 Å². The van der Waals surface area contributed by atoms with Gasteiger partial charge in [0.05, 0.1) is 23.8 Å². The van der Waals surface area contributed by atoms with Gasteiger partial charge in [0, 0.05) is 34.3 Å². The number of nitrogens with zero attached hydrogens (tertiary/aromatic N) is 3. The van der Waals surface area contributed by atoms with Gasteiger partial charge in [0.2, 0.25) is 0 Å². The highest BCUT2D eigenvalue weighted by atomic mass is 32.2. The number of anilines is 1. The Hall–Kier alpha value is -4.41. The van der Waals surface area contributed by atoms with Crippen molar-refractivity contribution in [2.75, 3.05) is 4.90 Å². The molecular formula is C44H39N3S. The van der Waals surface area contributed by atoms with Gasteiger partial charge in [-0.3, -0.25) is 4.99 Å². The molecule has 1 aromatic carbocycles. The molecule has 0 amide bonds. The van der Waals surface area contributed by atoms with Gasteiger partial charge >= 0.3 is 0 Å². The topological polar surface area (TPSA) is 28.0 Å². The number of aliphatic imine (C=N–C) groups is 2. The van der Waals surface area contributed by atoms with Crippen molar-refractivity contribution in [3.05, 3.63) is 172 Å². The SMILES string of the molecule is C1=CCCC(C2=CC=C(C3=NC(c4ccc5c(c4)N(C4C=CC=CC4)C4C=CC6=C(SC7C=CC=CC67)C54)=NC4C=CC=CC34)CC2)=C1. The van der Waals surface area contributed by atoms with Crippen molar-refractivity contribution in [3.8, 4) is 0 Å². The molecule has 3 heterocycles. The quantitative estimate of drug-likeness (QED) is 0.327. The van der Waals surface area contributed by atoms with E-state index >= 15 is 0 Å². The van der Waals surface area contributed by atoms with Gasteiger partial charge in [0.15, 0.2) is 5.84 Å². The first-order valence-electron chi connectivity index (χ1n) is 17.8. The van der Waals surface area contributed by atoms with Crippen LogP contribution in [-0.2, 0) is 0 Å². The molecule has 0 spiro atoms. The van der Waals surface area contributed by atoms with Crippen LogP contribution >= 0.6 is 11.8 Å². The fourth-order valence-electron chi connectivity index (χ4n) is 9.10. The van der Waals surface area contributed by atoms with E-state index in [0.717, 1.165) is 43.5 Å². The molecule has 3 nitrogen and oxygen atoms in total. The molecule has 0 aromatic heterocycles. The molecule has 7 atom stereocenters. The third-order valence-corrected chi connectivity index (χ3v) is 12.9. The van der Waals surface area contributed by atoms with Crippen LogP contribution < -0.4 is 4.90 Å². The zero-order valence-electron chi connectivity index (χ0n) is 27.0. The minimum Gasteiger partial charge on any atom is -0.357 e. The monoisotopic (exact) mass is 641 g/mol. The Morgan fingerprint density at radius 2 is 1.56 bits per heavy atom. The molecule has 7 unspecified atom stereocenters. The van der Waals surface area contributed by atoms with Crippen LogP contribution in [0.15, 0.2) is 171 Å². The predicted molar refractivity (Wildman–Crippen MR) is 203 cm³/mol. The van der Waals surface area contributed by atoms with Crippen molar-refractivity contribution < 1.29 is 0 Å². The normalized spacial score (nSPS) is 33.4. The van der Waals surface area contributed by atoms with Crippen molar-refractivity contribution in [2.45, 2.75) is 61.4 Å². The standard InChI is InChI=1S/C44H39N3S/c1-3-11-28(12-4-1)29-19-21-30(22-20-29)42-35-16-7-9-17-37(35)45-44(46-42)31-23-24-36-39(27-31)47(32-13-5-2-6-14-32)38-26-25-34-33-15-8-10-18-40(33)48-43(34)41(36)38/h1-3,5-11,13,15-19,21,23-27,32-33,35,37-38,40-41H,4,12,14,20,22H2. The van der Waals surface area contributed by atoms with Crippen molar-refractivity contribution in [1.29, 1.82) is 0 Å². The lowest BCUT2D eigenvalue weighted by Crippen LogP contribution is -2.41. The predicted octanol–water partition coefficient (Wildman–Crippen LogP) is 9.76. The Morgan fingerprint density at radius 3 is 2.42 bits per heavy atom. The van der Waals surface area contributed by atoms with E-state index in [0.29, 0.717) is 29.2 Å². The molecule has 3 aliphatic heterocycles. The van der Waals surface area contributed by atoms with Crippen LogP contribution in [0.25, 0.3) is 0 Å². The van der Waals surface area contributed by atoms with E-state index in [9.17, 15) is 0 Å². The summed E-state index contributed by atoms with van der Waals surface area (Å²) in [4.78, 5) is 15.0. The van der Waals surface area contributed by atoms with E-state index in [1.54, 1.807) is 4.91 Å². The summed E-state index contributed by atoms with van der Waals surface area (Å²) in [7, 11) is 0. The lowest BCUT2D eigenvalue weighted by molar-refractivity contribution is 0.605. The first kappa shape index (κ1) is 28.6. The maximum atomic E-state index is 5.43. The van der Waals surface area contributed by atoms with Crippen LogP contribution in [0.2, 0.25) is 0 Å². The fourth-order valence-corrected chi connectivity index (χ4v) is 10.7. The van der Waals surface area contributed by atoms with Crippen LogP contribution in [0.1, 0.15) is 49.1 Å². The van der Waals surface area contributed by atoms with Gasteiger partial charge in [0.1, 0.15) is 0 Å². The fraction of sp³-hybridized carbons (Fsp3) is 0.273. The van der Waals surface area contributed by atoms with E-state index in [4.69, 9.17) is 9.98 Å². The third kappa shape index (κ3) is 4.63. The Balaban J connectivity index is 1.04. The molecule has 0 fully saturated rings. The molecule has 0 saturated heterocycles. The first-order valence-corrected chi connectivity index (χ1v) is 18.7. The van der Waals surface area contributed by atoms with Gasteiger partial charge in [-0.05, 0) is 70.9 Å². The zero-order chi connectivity index (χ0) is 31.6. The number of amidine groups is 1. The highest BCUT2D eigenvalue weighted by molar-refractivity contribution is 8.04. The van der Waals surface area contributed by atoms with Crippen LogP contribution in [0.5, 0.6) is 0 Å². The molecule has 0 N–H and O–H groups in total. The highest BCUT2D eigenvalue weighted by Gasteiger charge is 2.48. The van der Waals surface area contributed by atoms with E-state index < -0.39 is 0 Å². The third-order valence-electron chi connectivity index (χ3n) is 11.5. The van der Waals surface area contributed by atoms with Crippen molar-refractivity contribution in [3.63, 3.8) is 0 Å². The number of benzene rings is 1.